The second kappa shape index (κ2) is 4.88. The van der Waals surface area contributed by atoms with Gasteiger partial charge in [0.25, 0.3) is 5.91 Å². The van der Waals surface area contributed by atoms with Gasteiger partial charge >= 0.3 is 0 Å². The van der Waals surface area contributed by atoms with Gasteiger partial charge in [-0.15, -0.1) is 0 Å². The number of amides is 1. The van der Waals surface area contributed by atoms with E-state index in [1.165, 1.54) is 12.1 Å². The zero-order valence-electron chi connectivity index (χ0n) is 11.1. The monoisotopic (exact) mass is 260 g/mol. The van der Waals surface area contributed by atoms with Crippen LogP contribution in [0.15, 0.2) is 21.3 Å². The van der Waals surface area contributed by atoms with Crippen LogP contribution in [-0.4, -0.2) is 23.9 Å². The average Bonchev–Trinajstić information content (AvgIpc) is 2.37. The van der Waals surface area contributed by atoms with Crippen molar-refractivity contribution in [1.82, 2.24) is 4.90 Å². The summed E-state index contributed by atoms with van der Waals surface area (Å²) in [7, 11) is 0. The van der Waals surface area contributed by atoms with Crippen LogP contribution < -0.4 is 5.43 Å². The molecule has 1 saturated heterocycles. The molecule has 1 aromatic heterocycles. The van der Waals surface area contributed by atoms with Crippen LogP contribution in [0.25, 0.3) is 0 Å². The molecule has 0 aliphatic carbocycles. The third-order valence-electron chi connectivity index (χ3n) is 3.35. The van der Waals surface area contributed by atoms with Crippen molar-refractivity contribution in [3.05, 3.63) is 33.9 Å². The molecule has 5 heteroatoms. The lowest BCUT2D eigenvalue weighted by atomic mass is 9.83. The number of carbonyl (C=O) groups is 1. The molecule has 0 N–H and O–H groups in total. The number of hydrogen-bond donors (Lipinski definition) is 0. The van der Waals surface area contributed by atoms with Crippen LogP contribution in [0.4, 0.5) is 0 Å². The van der Waals surface area contributed by atoms with E-state index in [4.69, 9.17) is 9.68 Å². The third-order valence-corrected chi connectivity index (χ3v) is 3.35. The maximum Gasteiger partial charge on any atom is 0.289 e. The number of piperidine rings is 1. The second-order valence-corrected chi connectivity index (χ2v) is 5.27. The Balaban J connectivity index is 2.25. The van der Waals surface area contributed by atoms with E-state index in [1.807, 2.05) is 6.92 Å². The Kier molecular flexibility index (Phi) is 3.43. The van der Waals surface area contributed by atoms with Gasteiger partial charge in [-0.3, -0.25) is 9.59 Å². The minimum Gasteiger partial charge on any atom is -0.456 e. The van der Waals surface area contributed by atoms with Crippen LogP contribution in [0.2, 0.25) is 0 Å². The predicted molar refractivity (Wildman–Crippen MR) is 68.6 cm³/mol. The van der Waals surface area contributed by atoms with Crippen LogP contribution in [0, 0.1) is 23.7 Å². The molecule has 100 valence electrons. The van der Waals surface area contributed by atoms with Gasteiger partial charge in [-0.25, -0.2) is 0 Å². The number of rotatable bonds is 1. The maximum absolute atomic E-state index is 12.3. The summed E-state index contributed by atoms with van der Waals surface area (Å²) in [6, 6.07) is 4.79. The Morgan fingerprint density at radius 2 is 2.26 bits per heavy atom. The Labute approximate surface area is 111 Å². The first-order valence-electron chi connectivity index (χ1n) is 6.26. The lowest BCUT2D eigenvalue weighted by molar-refractivity contribution is 0.0594. The van der Waals surface area contributed by atoms with Gasteiger partial charge in [0, 0.05) is 25.2 Å². The van der Waals surface area contributed by atoms with Crippen molar-refractivity contribution in [3.8, 4) is 6.07 Å². The zero-order chi connectivity index (χ0) is 14.0. The molecule has 0 spiro atoms. The van der Waals surface area contributed by atoms with E-state index in [-0.39, 0.29) is 17.1 Å². The van der Waals surface area contributed by atoms with Crippen molar-refractivity contribution in [2.24, 2.45) is 5.41 Å². The largest absolute Gasteiger partial charge is 0.456 e. The Hall–Kier alpha value is -2.09. The van der Waals surface area contributed by atoms with E-state index in [1.54, 1.807) is 11.8 Å². The SMILES string of the molecule is Cc1cc(=O)cc(C(=O)N2CCC[C@](C)(C#N)C2)o1. The smallest absolute Gasteiger partial charge is 0.289 e. The fraction of sp³-hybridized carbons (Fsp3) is 0.500. The summed E-state index contributed by atoms with van der Waals surface area (Å²) in [5.41, 5.74) is -0.759. The van der Waals surface area contributed by atoms with Gasteiger partial charge in [0.05, 0.1) is 11.5 Å². The molecule has 0 saturated carbocycles. The molecule has 1 atom stereocenters. The highest BCUT2D eigenvalue weighted by molar-refractivity contribution is 5.91. The van der Waals surface area contributed by atoms with Crippen LogP contribution in [0.1, 0.15) is 36.1 Å². The van der Waals surface area contributed by atoms with E-state index >= 15 is 0 Å². The van der Waals surface area contributed by atoms with Crippen LogP contribution in [-0.2, 0) is 0 Å². The van der Waals surface area contributed by atoms with Gasteiger partial charge in [0.15, 0.2) is 11.2 Å². The Morgan fingerprint density at radius 3 is 2.89 bits per heavy atom. The molecule has 2 rings (SSSR count). The Morgan fingerprint density at radius 1 is 1.53 bits per heavy atom. The van der Waals surface area contributed by atoms with Crippen LogP contribution >= 0.6 is 0 Å². The lowest BCUT2D eigenvalue weighted by Gasteiger charge is -2.35. The summed E-state index contributed by atoms with van der Waals surface area (Å²) < 4.78 is 5.30. The van der Waals surface area contributed by atoms with Gasteiger partial charge in [0.2, 0.25) is 0 Å². The summed E-state index contributed by atoms with van der Waals surface area (Å²) in [6.07, 6.45) is 1.57. The summed E-state index contributed by atoms with van der Waals surface area (Å²) in [5, 5.41) is 9.15. The van der Waals surface area contributed by atoms with E-state index in [0.717, 1.165) is 12.8 Å². The first-order valence-corrected chi connectivity index (χ1v) is 6.26. The van der Waals surface area contributed by atoms with E-state index in [9.17, 15) is 9.59 Å². The number of aryl methyl sites for hydroxylation is 1. The number of carbonyl (C=O) groups excluding carboxylic acids is 1. The maximum atomic E-state index is 12.3. The minimum atomic E-state index is -0.516. The van der Waals surface area contributed by atoms with Gasteiger partial charge in [0.1, 0.15) is 5.76 Å². The molecule has 0 aromatic carbocycles. The van der Waals surface area contributed by atoms with E-state index in [2.05, 4.69) is 6.07 Å². The van der Waals surface area contributed by atoms with Crippen molar-refractivity contribution in [2.45, 2.75) is 26.7 Å². The van der Waals surface area contributed by atoms with Crippen molar-refractivity contribution in [1.29, 1.82) is 5.26 Å². The van der Waals surface area contributed by atoms with E-state index in [0.29, 0.717) is 18.8 Å². The van der Waals surface area contributed by atoms with E-state index < -0.39 is 5.41 Å². The normalized spacial score (nSPS) is 22.9. The summed E-state index contributed by atoms with van der Waals surface area (Å²) in [6.45, 7) is 4.44. The van der Waals surface area contributed by atoms with Gasteiger partial charge in [-0.1, -0.05) is 0 Å². The molecule has 1 aliphatic rings. The highest BCUT2D eigenvalue weighted by atomic mass is 16.3. The van der Waals surface area contributed by atoms with Gasteiger partial charge < -0.3 is 9.32 Å². The third kappa shape index (κ3) is 2.84. The number of likely N-dealkylation sites (tertiary alicyclic amines) is 1. The first-order chi connectivity index (χ1) is 8.93. The molecule has 0 bridgehead atoms. The first kappa shape index (κ1) is 13.3. The predicted octanol–water partition coefficient (Wildman–Crippen LogP) is 1.71. The Bertz CT molecular complexity index is 599. The molecular formula is C14H16N2O3. The molecule has 0 unspecified atom stereocenters. The van der Waals surface area contributed by atoms with Crippen molar-refractivity contribution >= 4 is 5.91 Å². The van der Waals surface area contributed by atoms with Crippen molar-refractivity contribution in [2.75, 3.05) is 13.1 Å². The molecule has 19 heavy (non-hydrogen) atoms. The molecule has 1 amide bonds. The molecule has 2 heterocycles. The summed E-state index contributed by atoms with van der Waals surface area (Å²) >= 11 is 0. The van der Waals surface area contributed by atoms with Crippen LogP contribution in [0.3, 0.4) is 0 Å². The van der Waals surface area contributed by atoms with Crippen molar-refractivity contribution < 1.29 is 9.21 Å². The summed E-state index contributed by atoms with van der Waals surface area (Å²) in [5.74, 6) is 0.144. The minimum absolute atomic E-state index is 0.0483. The zero-order valence-corrected chi connectivity index (χ0v) is 11.1. The average molecular weight is 260 g/mol. The topological polar surface area (TPSA) is 74.3 Å². The molecule has 1 fully saturated rings. The molecule has 5 nitrogen and oxygen atoms in total. The molecular weight excluding hydrogens is 244 g/mol. The fourth-order valence-corrected chi connectivity index (χ4v) is 2.37. The highest BCUT2D eigenvalue weighted by Crippen LogP contribution is 2.29. The lowest BCUT2D eigenvalue weighted by Crippen LogP contribution is -2.44. The quantitative estimate of drug-likeness (QED) is 0.770. The van der Waals surface area contributed by atoms with Crippen LogP contribution in [0.5, 0.6) is 0 Å². The number of nitriles is 1. The standard InChI is InChI=1S/C14H16N2O3/c1-10-6-11(17)7-12(19-10)13(18)16-5-3-4-14(2,8-15)9-16/h6-7H,3-5,9H2,1-2H3/t14-/m1/s1. The van der Waals surface area contributed by atoms with Gasteiger partial charge in [-0.05, 0) is 26.7 Å². The fourth-order valence-electron chi connectivity index (χ4n) is 2.37. The molecule has 1 aromatic rings. The van der Waals surface area contributed by atoms with Crippen molar-refractivity contribution in [3.63, 3.8) is 0 Å². The van der Waals surface area contributed by atoms with Gasteiger partial charge in [-0.2, -0.15) is 5.26 Å². The molecule has 0 radical (unpaired) electrons. The second-order valence-electron chi connectivity index (χ2n) is 5.27. The number of hydrogen-bond acceptors (Lipinski definition) is 4. The summed E-state index contributed by atoms with van der Waals surface area (Å²) in [4.78, 5) is 25.3. The highest BCUT2D eigenvalue weighted by Gasteiger charge is 2.34. The molecule has 1 aliphatic heterocycles. The number of nitrogens with zero attached hydrogens (tertiary/aromatic N) is 2.